The summed E-state index contributed by atoms with van der Waals surface area (Å²) < 4.78 is 3.53. The smallest absolute Gasteiger partial charge is 0.295 e. The number of benzene rings is 3. The van der Waals surface area contributed by atoms with Crippen LogP contribution in [0.2, 0.25) is 0 Å². The molecule has 1 aromatic heterocycles. The van der Waals surface area contributed by atoms with Gasteiger partial charge < -0.3 is 5.32 Å². The average molecular weight is 412 g/mol. The summed E-state index contributed by atoms with van der Waals surface area (Å²) in [6, 6.07) is 27.4. The number of aromatic nitrogens is 2. The van der Waals surface area contributed by atoms with E-state index in [1.54, 1.807) is 4.68 Å². The van der Waals surface area contributed by atoms with E-state index in [0.29, 0.717) is 5.69 Å². The second-order valence-electron chi connectivity index (χ2n) is 7.29. The Bertz CT molecular complexity index is 1240. The van der Waals surface area contributed by atoms with Gasteiger partial charge in [-0.2, -0.15) is 5.10 Å². The lowest BCUT2D eigenvalue weighted by molar-refractivity contribution is 0.630. The lowest BCUT2D eigenvalue weighted by atomic mass is 10.2. The average Bonchev–Trinajstić information content (AvgIpc) is 3.02. The van der Waals surface area contributed by atoms with Crippen LogP contribution < -0.4 is 15.9 Å². The third kappa shape index (κ3) is 4.28. The maximum Gasteiger partial charge on any atom is 0.295 e. The summed E-state index contributed by atoms with van der Waals surface area (Å²) in [5.74, 6) is 0. The molecule has 6 heteroatoms. The Morgan fingerprint density at radius 2 is 1.52 bits per heavy atom. The number of hydrazone groups is 1. The monoisotopic (exact) mass is 411 g/mol. The van der Waals surface area contributed by atoms with Crippen LogP contribution in [0, 0.1) is 6.92 Å². The minimum Gasteiger partial charge on any atom is -0.349 e. The van der Waals surface area contributed by atoms with Gasteiger partial charge in [-0.15, -0.1) is 0 Å². The van der Waals surface area contributed by atoms with Gasteiger partial charge in [-0.05, 0) is 48.9 Å². The number of nitrogens with one attached hydrogen (secondary N) is 1. The van der Waals surface area contributed by atoms with Crippen molar-refractivity contribution in [1.82, 2.24) is 9.36 Å². The quantitative estimate of drug-likeness (QED) is 0.370. The first-order valence-corrected chi connectivity index (χ1v) is 10.1. The SMILES string of the molecule is Cc1c(Nc2ccc(/C=N\N(C)c3ccccc3)cc2)c(=O)n(-c2ccccc2)n1C. The summed E-state index contributed by atoms with van der Waals surface area (Å²) >= 11 is 0. The molecule has 31 heavy (non-hydrogen) atoms. The molecule has 3 aromatic carbocycles. The fraction of sp³-hybridized carbons (Fsp3) is 0.120. The number of anilines is 3. The molecule has 0 amide bonds. The molecular weight excluding hydrogens is 386 g/mol. The maximum atomic E-state index is 13.0. The molecule has 0 saturated heterocycles. The van der Waals surface area contributed by atoms with E-state index in [4.69, 9.17) is 0 Å². The predicted octanol–water partition coefficient (Wildman–Crippen LogP) is 4.70. The lowest BCUT2D eigenvalue weighted by Crippen LogP contribution is -2.20. The summed E-state index contributed by atoms with van der Waals surface area (Å²) in [7, 11) is 3.80. The molecule has 0 fully saturated rings. The topological polar surface area (TPSA) is 54.6 Å². The number of para-hydroxylation sites is 2. The summed E-state index contributed by atoms with van der Waals surface area (Å²) in [5, 5.41) is 9.59. The fourth-order valence-electron chi connectivity index (χ4n) is 3.37. The van der Waals surface area contributed by atoms with Gasteiger partial charge in [0.25, 0.3) is 5.56 Å². The molecule has 0 bridgehead atoms. The highest BCUT2D eigenvalue weighted by molar-refractivity contribution is 5.81. The Morgan fingerprint density at radius 1 is 0.903 bits per heavy atom. The summed E-state index contributed by atoms with van der Waals surface area (Å²) in [6.45, 7) is 1.93. The molecule has 1 N–H and O–H groups in total. The molecule has 0 spiro atoms. The number of rotatable bonds is 6. The molecule has 0 aliphatic rings. The van der Waals surface area contributed by atoms with E-state index >= 15 is 0 Å². The van der Waals surface area contributed by atoms with E-state index in [-0.39, 0.29) is 5.56 Å². The zero-order valence-electron chi connectivity index (χ0n) is 17.9. The molecule has 0 atom stereocenters. The first-order chi connectivity index (χ1) is 15.0. The molecule has 0 unspecified atom stereocenters. The van der Waals surface area contributed by atoms with E-state index in [1.807, 2.05) is 122 Å². The van der Waals surface area contributed by atoms with Crippen molar-refractivity contribution in [3.05, 3.63) is 107 Å². The Morgan fingerprint density at radius 3 is 2.16 bits per heavy atom. The van der Waals surface area contributed by atoms with Gasteiger partial charge in [0.2, 0.25) is 0 Å². The van der Waals surface area contributed by atoms with Crippen LogP contribution in [0.5, 0.6) is 0 Å². The van der Waals surface area contributed by atoms with E-state index < -0.39 is 0 Å². The van der Waals surface area contributed by atoms with Crippen LogP contribution in [-0.2, 0) is 7.05 Å². The van der Waals surface area contributed by atoms with Gasteiger partial charge in [-0.25, -0.2) is 4.68 Å². The lowest BCUT2D eigenvalue weighted by Gasteiger charge is -2.12. The van der Waals surface area contributed by atoms with Crippen molar-refractivity contribution < 1.29 is 0 Å². The van der Waals surface area contributed by atoms with Crippen molar-refractivity contribution in [2.24, 2.45) is 12.1 Å². The van der Waals surface area contributed by atoms with Gasteiger partial charge in [-0.1, -0.05) is 48.5 Å². The zero-order chi connectivity index (χ0) is 21.8. The molecule has 6 nitrogen and oxygen atoms in total. The Balaban J connectivity index is 1.52. The van der Waals surface area contributed by atoms with Crippen molar-refractivity contribution in [1.29, 1.82) is 0 Å². The molecule has 1 heterocycles. The minimum absolute atomic E-state index is 0.0821. The first kappa shape index (κ1) is 20.2. The van der Waals surface area contributed by atoms with Crippen LogP contribution in [0.1, 0.15) is 11.3 Å². The van der Waals surface area contributed by atoms with Gasteiger partial charge in [0.1, 0.15) is 5.69 Å². The minimum atomic E-state index is -0.0821. The van der Waals surface area contributed by atoms with Gasteiger partial charge in [0, 0.05) is 19.8 Å². The van der Waals surface area contributed by atoms with Crippen LogP contribution in [0.15, 0.2) is 94.8 Å². The normalized spacial score (nSPS) is 11.1. The maximum absolute atomic E-state index is 13.0. The van der Waals surface area contributed by atoms with Crippen molar-refractivity contribution in [3.8, 4) is 5.69 Å². The van der Waals surface area contributed by atoms with Gasteiger partial charge in [0.05, 0.1) is 23.3 Å². The van der Waals surface area contributed by atoms with E-state index in [1.165, 1.54) is 0 Å². The van der Waals surface area contributed by atoms with Crippen LogP contribution in [0.4, 0.5) is 17.1 Å². The second-order valence-corrected chi connectivity index (χ2v) is 7.29. The molecule has 4 aromatic rings. The largest absolute Gasteiger partial charge is 0.349 e. The Hall–Kier alpha value is -4.06. The number of hydrogen-bond donors (Lipinski definition) is 1. The molecule has 0 saturated carbocycles. The van der Waals surface area contributed by atoms with Crippen molar-refractivity contribution >= 4 is 23.3 Å². The Kier molecular flexibility index (Phi) is 5.71. The van der Waals surface area contributed by atoms with E-state index in [9.17, 15) is 4.79 Å². The van der Waals surface area contributed by atoms with Crippen LogP contribution in [-0.4, -0.2) is 22.6 Å². The molecule has 4 rings (SSSR count). The van der Waals surface area contributed by atoms with E-state index in [0.717, 1.165) is 28.3 Å². The van der Waals surface area contributed by atoms with Gasteiger partial charge in [0.15, 0.2) is 0 Å². The molecule has 0 aliphatic heterocycles. The zero-order valence-corrected chi connectivity index (χ0v) is 17.9. The van der Waals surface area contributed by atoms with Crippen LogP contribution >= 0.6 is 0 Å². The molecular formula is C25H25N5O. The summed E-state index contributed by atoms with van der Waals surface area (Å²) in [6.07, 6.45) is 1.81. The Labute approximate surface area is 181 Å². The van der Waals surface area contributed by atoms with Crippen LogP contribution in [0.25, 0.3) is 5.69 Å². The third-order valence-electron chi connectivity index (χ3n) is 5.24. The van der Waals surface area contributed by atoms with Crippen molar-refractivity contribution in [2.75, 3.05) is 17.4 Å². The second kappa shape index (κ2) is 8.75. The van der Waals surface area contributed by atoms with Crippen molar-refractivity contribution in [2.45, 2.75) is 6.92 Å². The fourth-order valence-corrected chi connectivity index (χ4v) is 3.37. The van der Waals surface area contributed by atoms with Crippen LogP contribution in [0.3, 0.4) is 0 Å². The number of nitrogens with zero attached hydrogens (tertiary/aromatic N) is 4. The third-order valence-corrected chi connectivity index (χ3v) is 5.24. The molecule has 0 aliphatic carbocycles. The highest BCUT2D eigenvalue weighted by Crippen LogP contribution is 2.19. The highest BCUT2D eigenvalue weighted by Gasteiger charge is 2.16. The standard InChI is InChI=1S/C25H25N5O/c1-19-24(25(31)30(29(19)3)23-12-8-5-9-13-23)27-21-16-14-20(15-17-21)18-26-28(2)22-10-6-4-7-11-22/h4-18,27H,1-3H3/b26-18-. The van der Waals surface area contributed by atoms with E-state index in [2.05, 4.69) is 10.4 Å². The molecule has 156 valence electrons. The van der Waals surface area contributed by atoms with Gasteiger partial charge >= 0.3 is 0 Å². The van der Waals surface area contributed by atoms with Crippen molar-refractivity contribution in [3.63, 3.8) is 0 Å². The molecule has 0 radical (unpaired) electrons. The summed E-state index contributed by atoms with van der Waals surface area (Å²) in [4.78, 5) is 13.0. The highest BCUT2D eigenvalue weighted by atomic mass is 16.1. The summed E-state index contributed by atoms with van der Waals surface area (Å²) in [5.41, 5.74) is 5.02. The van der Waals surface area contributed by atoms with Gasteiger partial charge in [-0.3, -0.25) is 14.5 Å². The number of hydrogen-bond acceptors (Lipinski definition) is 4. The predicted molar refractivity (Wildman–Crippen MR) is 128 cm³/mol. The first-order valence-electron chi connectivity index (χ1n) is 10.1.